The highest BCUT2D eigenvalue weighted by Gasteiger charge is 2.18. The molecule has 0 radical (unpaired) electrons. The van der Waals surface area contributed by atoms with Crippen molar-refractivity contribution in [3.63, 3.8) is 0 Å². The zero-order chi connectivity index (χ0) is 27.4. The van der Waals surface area contributed by atoms with E-state index in [9.17, 15) is 18.0 Å². The monoisotopic (exact) mass is 550 g/mol. The van der Waals surface area contributed by atoms with Gasteiger partial charge in [-0.15, -0.1) is 11.3 Å². The van der Waals surface area contributed by atoms with Gasteiger partial charge in [0.15, 0.2) is 15.0 Å². The van der Waals surface area contributed by atoms with Crippen molar-refractivity contribution >= 4 is 38.1 Å². The Morgan fingerprint density at radius 2 is 1.74 bits per heavy atom. The van der Waals surface area contributed by atoms with Gasteiger partial charge in [0.1, 0.15) is 17.2 Å². The van der Waals surface area contributed by atoms with Crippen molar-refractivity contribution in [3.05, 3.63) is 82.5 Å². The van der Waals surface area contributed by atoms with E-state index in [-0.39, 0.29) is 16.5 Å². The molecule has 0 bridgehead atoms. The van der Waals surface area contributed by atoms with E-state index in [0.717, 1.165) is 11.8 Å². The third kappa shape index (κ3) is 6.24. The number of amides is 2. The average Bonchev–Trinajstić information content (AvgIpc) is 3.24. The first-order chi connectivity index (χ1) is 18.0. The first-order valence-electron chi connectivity index (χ1n) is 11.7. The van der Waals surface area contributed by atoms with Gasteiger partial charge in [-0.3, -0.25) is 19.9 Å². The lowest BCUT2D eigenvalue weighted by Crippen LogP contribution is -2.23. The summed E-state index contributed by atoms with van der Waals surface area (Å²) in [5.41, 5.74) is 2.82. The van der Waals surface area contributed by atoms with Gasteiger partial charge in [0.2, 0.25) is 0 Å². The van der Waals surface area contributed by atoms with Crippen molar-refractivity contribution in [2.24, 2.45) is 0 Å². The van der Waals surface area contributed by atoms with Crippen LogP contribution < -0.4 is 15.4 Å². The molecule has 196 valence electrons. The molecule has 0 saturated carbocycles. The fourth-order valence-electron chi connectivity index (χ4n) is 3.68. The minimum Gasteiger partial charge on any atom is -0.457 e. The number of sulfone groups is 1. The van der Waals surface area contributed by atoms with Crippen LogP contribution in [0.2, 0.25) is 0 Å². The number of carbonyl (C=O) groups is 2. The maximum absolute atomic E-state index is 13.3. The van der Waals surface area contributed by atoms with Gasteiger partial charge in [0.25, 0.3) is 11.8 Å². The number of carbonyl (C=O) groups excluding carboxylic acids is 2. The smallest absolute Gasteiger partial charge is 0.271 e. The Bertz CT molecular complexity index is 1610. The Labute approximate surface area is 224 Å². The zero-order valence-corrected chi connectivity index (χ0v) is 22.9. The van der Waals surface area contributed by atoms with Crippen LogP contribution in [0, 0.1) is 13.8 Å². The number of anilines is 1. The van der Waals surface area contributed by atoms with E-state index >= 15 is 0 Å². The van der Waals surface area contributed by atoms with Crippen LogP contribution >= 0.6 is 11.3 Å². The van der Waals surface area contributed by atoms with Gasteiger partial charge in [-0.05, 0) is 74.9 Å². The van der Waals surface area contributed by atoms with Crippen molar-refractivity contribution < 1.29 is 22.7 Å². The number of thiazole rings is 1. The molecule has 0 fully saturated rings. The van der Waals surface area contributed by atoms with Gasteiger partial charge in [-0.1, -0.05) is 6.07 Å². The molecular formula is C27H26N4O5S2. The zero-order valence-electron chi connectivity index (χ0n) is 21.2. The summed E-state index contributed by atoms with van der Waals surface area (Å²) < 4.78 is 29.6. The molecule has 0 aliphatic carbocycles. The van der Waals surface area contributed by atoms with E-state index in [2.05, 4.69) is 20.6 Å². The molecule has 0 unspecified atom stereocenters. The number of rotatable bonds is 8. The van der Waals surface area contributed by atoms with Crippen LogP contribution in [0.4, 0.5) is 5.13 Å². The topological polar surface area (TPSA) is 127 Å². The van der Waals surface area contributed by atoms with E-state index in [1.54, 1.807) is 43.5 Å². The van der Waals surface area contributed by atoms with Crippen LogP contribution in [0.15, 0.2) is 65.7 Å². The third-order valence-electron chi connectivity index (χ3n) is 5.51. The van der Waals surface area contributed by atoms with Crippen LogP contribution in [0.25, 0.3) is 11.3 Å². The summed E-state index contributed by atoms with van der Waals surface area (Å²) in [5.74, 6) is 0.0322. The number of nitrogens with zero attached hydrogens (tertiary/aromatic N) is 2. The number of aryl methyl sites for hydroxylation is 2. The van der Waals surface area contributed by atoms with Gasteiger partial charge in [0.05, 0.1) is 10.6 Å². The number of nitrogens with one attached hydrogen (secondary N) is 2. The van der Waals surface area contributed by atoms with Crippen LogP contribution in [0.5, 0.6) is 11.5 Å². The molecule has 4 aromatic rings. The summed E-state index contributed by atoms with van der Waals surface area (Å²) >= 11 is 1.21. The Balaban J connectivity index is 1.68. The minimum absolute atomic E-state index is 0.175. The SMILES string of the molecule is CCNC(=O)c1nc(NC(=O)c2cc(Oc3ccc(S(C)(=O)=O)cc3)cc(-c3ncccc3C)c2)sc1C. The molecule has 0 saturated heterocycles. The minimum atomic E-state index is -3.34. The number of pyridine rings is 1. The van der Waals surface area contributed by atoms with Gasteiger partial charge in [-0.25, -0.2) is 13.4 Å². The van der Waals surface area contributed by atoms with Crippen molar-refractivity contribution in [1.82, 2.24) is 15.3 Å². The van der Waals surface area contributed by atoms with Gasteiger partial charge in [-0.2, -0.15) is 0 Å². The molecule has 2 amide bonds. The van der Waals surface area contributed by atoms with E-state index < -0.39 is 15.7 Å². The molecule has 2 heterocycles. The van der Waals surface area contributed by atoms with Crippen molar-refractivity contribution in [1.29, 1.82) is 0 Å². The van der Waals surface area contributed by atoms with Gasteiger partial charge >= 0.3 is 0 Å². The van der Waals surface area contributed by atoms with E-state index in [1.807, 2.05) is 26.0 Å². The number of hydrogen-bond acceptors (Lipinski definition) is 8. The second-order valence-corrected chi connectivity index (χ2v) is 11.7. The maximum atomic E-state index is 13.3. The van der Waals surface area contributed by atoms with Crippen molar-refractivity contribution in [3.8, 4) is 22.8 Å². The number of ether oxygens (including phenoxy) is 1. The normalized spacial score (nSPS) is 11.2. The van der Waals surface area contributed by atoms with Gasteiger partial charge in [0, 0.05) is 35.0 Å². The standard InChI is InChI=1S/C27H26N4O5S2/c1-5-28-26(33)24-17(3)37-27(30-24)31-25(32)19-13-18(23-16(2)7-6-12-29-23)14-21(15-19)36-20-8-10-22(11-9-20)38(4,34)35/h6-15H,5H2,1-4H3,(H,28,33)(H,30,31,32). The third-order valence-corrected chi connectivity index (χ3v) is 7.52. The van der Waals surface area contributed by atoms with E-state index in [1.165, 1.54) is 23.5 Å². The molecule has 2 N–H and O–H groups in total. The second-order valence-electron chi connectivity index (χ2n) is 8.50. The van der Waals surface area contributed by atoms with Crippen LogP contribution in [0.1, 0.15) is 38.2 Å². The number of aromatic nitrogens is 2. The molecule has 0 aliphatic rings. The molecule has 0 aliphatic heterocycles. The maximum Gasteiger partial charge on any atom is 0.271 e. The van der Waals surface area contributed by atoms with Crippen LogP contribution in [-0.2, 0) is 9.84 Å². The quantitative estimate of drug-likeness (QED) is 0.315. The van der Waals surface area contributed by atoms with Crippen molar-refractivity contribution in [2.45, 2.75) is 25.7 Å². The molecule has 0 atom stereocenters. The lowest BCUT2D eigenvalue weighted by Gasteiger charge is -2.12. The summed E-state index contributed by atoms with van der Waals surface area (Å²) in [6.07, 6.45) is 2.80. The van der Waals surface area contributed by atoms with E-state index in [4.69, 9.17) is 4.74 Å². The molecular weight excluding hydrogens is 524 g/mol. The molecule has 0 spiro atoms. The molecule has 9 nitrogen and oxygen atoms in total. The Kier molecular flexibility index (Phi) is 7.88. The first kappa shape index (κ1) is 27.0. The Hall–Kier alpha value is -4.09. The van der Waals surface area contributed by atoms with Crippen LogP contribution in [-0.4, -0.2) is 43.0 Å². The summed E-state index contributed by atoms with van der Waals surface area (Å²) in [4.78, 5) is 35.1. The highest BCUT2D eigenvalue weighted by molar-refractivity contribution is 7.90. The average molecular weight is 551 g/mol. The lowest BCUT2D eigenvalue weighted by atomic mass is 10.0. The highest BCUT2D eigenvalue weighted by Crippen LogP contribution is 2.31. The number of benzene rings is 2. The predicted molar refractivity (Wildman–Crippen MR) is 147 cm³/mol. The predicted octanol–water partition coefficient (Wildman–Crippen LogP) is 5.02. The summed E-state index contributed by atoms with van der Waals surface area (Å²) in [7, 11) is -3.34. The lowest BCUT2D eigenvalue weighted by molar-refractivity contribution is 0.0949. The summed E-state index contributed by atoms with van der Waals surface area (Å²) in [6.45, 7) is 5.97. The fourth-order valence-corrected chi connectivity index (χ4v) is 5.11. The largest absolute Gasteiger partial charge is 0.457 e. The van der Waals surface area contributed by atoms with Gasteiger partial charge < -0.3 is 10.1 Å². The van der Waals surface area contributed by atoms with E-state index in [0.29, 0.717) is 44.9 Å². The molecule has 38 heavy (non-hydrogen) atoms. The van der Waals surface area contributed by atoms with Crippen LogP contribution in [0.3, 0.4) is 0 Å². The Morgan fingerprint density at radius 3 is 2.39 bits per heavy atom. The molecule has 4 rings (SSSR count). The summed E-state index contributed by atoms with van der Waals surface area (Å²) in [6, 6.07) is 14.8. The fraction of sp³-hybridized carbons (Fsp3) is 0.185. The number of hydrogen-bond donors (Lipinski definition) is 2. The molecule has 11 heteroatoms. The highest BCUT2D eigenvalue weighted by atomic mass is 32.2. The summed E-state index contributed by atoms with van der Waals surface area (Å²) in [5, 5.41) is 5.78. The van der Waals surface area contributed by atoms with Crippen molar-refractivity contribution in [2.75, 3.05) is 18.1 Å². The Morgan fingerprint density at radius 1 is 1.00 bits per heavy atom. The molecule has 2 aromatic heterocycles. The second kappa shape index (κ2) is 11.1. The molecule has 2 aromatic carbocycles. The first-order valence-corrected chi connectivity index (χ1v) is 14.4.